The van der Waals surface area contributed by atoms with Gasteiger partial charge in [0.1, 0.15) is 11.6 Å². The first kappa shape index (κ1) is 18.0. The van der Waals surface area contributed by atoms with Crippen LogP contribution in [0.3, 0.4) is 0 Å². The van der Waals surface area contributed by atoms with Crippen LogP contribution >= 0.6 is 23.2 Å². The lowest BCUT2D eigenvalue weighted by Crippen LogP contribution is -2.50. The van der Waals surface area contributed by atoms with Crippen LogP contribution in [0, 0.1) is 0 Å². The maximum atomic E-state index is 12.8. The van der Waals surface area contributed by atoms with E-state index < -0.39 is 23.5 Å². The third-order valence-electron chi connectivity index (χ3n) is 4.86. The number of anilines is 1. The highest BCUT2D eigenvalue weighted by molar-refractivity contribution is 6.36. The Morgan fingerprint density at radius 2 is 1.92 bits per heavy atom. The molecule has 1 saturated carbocycles. The van der Waals surface area contributed by atoms with Gasteiger partial charge in [0.15, 0.2) is 0 Å². The fourth-order valence-electron chi connectivity index (χ4n) is 3.43. The van der Waals surface area contributed by atoms with Crippen molar-refractivity contribution < 1.29 is 14.4 Å². The maximum Gasteiger partial charge on any atom is 0.325 e. The molecule has 134 valence electrons. The molecule has 4 amide bonds. The number of hydrogen-bond acceptors (Lipinski definition) is 3. The van der Waals surface area contributed by atoms with Gasteiger partial charge < -0.3 is 10.6 Å². The minimum Gasteiger partial charge on any atom is -0.323 e. The van der Waals surface area contributed by atoms with Crippen LogP contribution in [-0.2, 0) is 9.59 Å². The SMILES string of the molecule is C[C@H](C(=O)Nc1ccc(Cl)cc1Cl)N1C(=O)NC2(CCCCC2)C1=O. The van der Waals surface area contributed by atoms with Crippen molar-refractivity contribution in [2.45, 2.75) is 50.6 Å². The highest BCUT2D eigenvalue weighted by Crippen LogP contribution is 2.34. The molecule has 0 unspecified atom stereocenters. The molecular formula is C17H19Cl2N3O3. The molecule has 0 bridgehead atoms. The van der Waals surface area contributed by atoms with E-state index in [4.69, 9.17) is 23.2 Å². The monoisotopic (exact) mass is 383 g/mol. The third-order valence-corrected chi connectivity index (χ3v) is 5.40. The number of amides is 4. The highest BCUT2D eigenvalue weighted by atomic mass is 35.5. The van der Waals surface area contributed by atoms with E-state index in [2.05, 4.69) is 10.6 Å². The number of urea groups is 1. The Bertz CT molecular complexity index is 732. The van der Waals surface area contributed by atoms with Crippen molar-refractivity contribution >= 4 is 46.7 Å². The Labute approximate surface area is 155 Å². The average Bonchev–Trinajstić information content (AvgIpc) is 2.80. The first-order valence-electron chi connectivity index (χ1n) is 8.26. The van der Waals surface area contributed by atoms with Gasteiger partial charge in [-0.05, 0) is 38.0 Å². The molecule has 0 radical (unpaired) electrons. The summed E-state index contributed by atoms with van der Waals surface area (Å²) in [5.41, 5.74) is -0.468. The standard InChI is InChI=1S/C17H19Cl2N3O3/c1-10(14(23)20-13-6-5-11(18)9-12(13)19)22-15(24)17(21-16(22)25)7-3-2-4-8-17/h5-6,9-10H,2-4,7-8H2,1H3,(H,20,23)(H,21,25)/t10-/m1/s1. The van der Waals surface area contributed by atoms with E-state index in [1.165, 1.54) is 13.0 Å². The normalized spacial score (nSPS) is 20.5. The Hall–Kier alpha value is -1.79. The zero-order valence-electron chi connectivity index (χ0n) is 13.8. The van der Waals surface area contributed by atoms with Gasteiger partial charge in [0.2, 0.25) is 5.91 Å². The average molecular weight is 384 g/mol. The van der Waals surface area contributed by atoms with Gasteiger partial charge in [-0.3, -0.25) is 9.59 Å². The van der Waals surface area contributed by atoms with E-state index in [9.17, 15) is 14.4 Å². The number of nitrogens with one attached hydrogen (secondary N) is 2. The zero-order valence-corrected chi connectivity index (χ0v) is 15.3. The Morgan fingerprint density at radius 3 is 2.56 bits per heavy atom. The lowest BCUT2D eigenvalue weighted by atomic mass is 9.81. The van der Waals surface area contributed by atoms with E-state index in [0.717, 1.165) is 24.2 Å². The van der Waals surface area contributed by atoms with E-state index >= 15 is 0 Å². The Morgan fingerprint density at radius 1 is 1.24 bits per heavy atom. The van der Waals surface area contributed by atoms with Gasteiger partial charge in [-0.15, -0.1) is 0 Å². The molecule has 1 aliphatic carbocycles. The molecule has 2 N–H and O–H groups in total. The number of halogens is 2. The molecule has 6 nitrogen and oxygen atoms in total. The lowest BCUT2D eigenvalue weighted by Gasteiger charge is -2.31. The van der Waals surface area contributed by atoms with Crippen LogP contribution in [0.25, 0.3) is 0 Å². The summed E-state index contributed by atoms with van der Waals surface area (Å²) < 4.78 is 0. The van der Waals surface area contributed by atoms with Gasteiger partial charge in [0.25, 0.3) is 5.91 Å². The molecule has 1 heterocycles. The van der Waals surface area contributed by atoms with Crippen molar-refractivity contribution in [1.29, 1.82) is 0 Å². The molecular weight excluding hydrogens is 365 g/mol. The largest absolute Gasteiger partial charge is 0.325 e. The summed E-state index contributed by atoms with van der Waals surface area (Å²) >= 11 is 11.9. The summed E-state index contributed by atoms with van der Waals surface area (Å²) in [6.45, 7) is 1.53. The number of hydrogen-bond donors (Lipinski definition) is 2. The topological polar surface area (TPSA) is 78.5 Å². The van der Waals surface area contributed by atoms with E-state index in [-0.39, 0.29) is 10.9 Å². The second-order valence-electron chi connectivity index (χ2n) is 6.54. The van der Waals surface area contributed by atoms with Crippen molar-refractivity contribution in [3.05, 3.63) is 28.2 Å². The molecule has 3 rings (SSSR count). The minimum atomic E-state index is -0.944. The predicted molar refractivity (Wildman–Crippen MR) is 95.7 cm³/mol. The molecule has 1 aromatic carbocycles. The number of carbonyl (C=O) groups is 3. The number of carbonyl (C=O) groups excluding carboxylic acids is 3. The molecule has 1 saturated heterocycles. The van der Waals surface area contributed by atoms with Gasteiger partial charge in [-0.1, -0.05) is 42.5 Å². The summed E-state index contributed by atoms with van der Waals surface area (Å²) in [5, 5.41) is 6.18. The van der Waals surface area contributed by atoms with Gasteiger partial charge >= 0.3 is 6.03 Å². The van der Waals surface area contributed by atoms with Crippen LogP contribution in [0.1, 0.15) is 39.0 Å². The van der Waals surface area contributed by atoms with Gasteiger partial charge in [0.05, 0.1) is 10.7 Å². The van der Waals surface area contributed by atoms with Gasteiger partial charge in [-0.2, -0.15) is 0 Å². The van der Waals surface area contributed by atoms with E-state index in [0.29, 0.717) is 23.6 Å². The number of benzene rings is 1. The van der Waals surface area contributed by atoms with Crippen LogP contribution in [-0.4, -0.2) is 34.3 Å². The molecule has 25 heavy (non-hydrogen) atoms. The summed E-state index contributed by atoms with van der Waals surface area (Å²) in [6, 6.07) is 3.22. The van der Waals surface area contributed by atoms with Crippen LogP contribution in [0.2, 0.25) is 10.0 Å². The Kier molecular flexibility index (Phi) is 4.93. The lowest BCUT2D eigenvalue weighted by molar-refractivity contribution is -0.137. The third kappa shape index (κ3) is 3.33. The minimum absolute atomic E-state index is 0.286. The Balaban J connectivity index is 1.75. The molecule has 1 aromatic rings. The first-order valence-corrected chi connectivity index (χ1v) is 9.01. The summed E-state index contributed by atoms with van der Waals surface area (Å²) in [5.74, 6) is -0.803. The number of rotatable bonds is 3. The number of nitrogens with zero attached hydrogens (tertiary/aromatic N) is 1. The second kappa shape index (κ2) is 6.84. The van der Waals surface area contributed by atoms with E-state index in [1.54, 1.807) is 12.1 Å². The fourth-order valence-corrected chi connectivity index (χ4v) is 3.89. The van der Waals surface area contributed by atoms with Crippen molar-refractivity contribution in [1.82, 2.24) is 10.2 Å². The van der Waals surface area contributed by atoms with Gasteiger partial charge in [-0.25, -0.2) is 9.69 Å². The van der Waals surface area contributed by atoms with Gasteiger partial charge in [0, 0.05) is 5.02 Å². The predicted octanol–water partition coefficient (Wildman–Crippen LogP) is 3.58. The summed E-state index contributed by atoms with van der Waals surface area (Å²) in [7, 11) is 0. The molecule has 8 heteroatoms. The maximum absolute atomic E-state index is 12.8. The smallest absolute Gasteiger partial charge is 0.323 e. The molecule has 1 spiro atoms. The van der Waals surface area contributed by atoms with Crippen LogP contribution < -0.4 is 10.6 Å². The molecule has 2 aliphatic rings. The molecule has 2 fully saturated rings. The van der Waals surface area contributed by atoms with Crippen LogP contribution in [0.15, 0.2) is 18.2 Å². The van der Waals surface area contributed by atoms with Crippen LogP contribution in [0.4, 0.5) is 10.5 Å². The summed E-state index contributed by atoms with van der Waals surface area (Å²) in [4.78, 5) is 38.7. The molecule has 1 aliphatic heterocycles. The van der Waals surface area contributed by atoms with E-state index in [1.807, 2.05) is 0 Å². The zero-order chi connectivity index (χ0) is 18.2. The highest BCUT2D eigenvalue weighted by Gasteiger charge is 2.53. The van der Waals surface area contributed by atoms with Crippen molar-refractivity contribution in [2.75, 3.05) is 5.32 Å². The van der Waals surface area contributed by atoms with Crippen molar-refractivity contribution in [3.8, 4) is 0 Å². The molecule has 0 aromatic heterocycles. The first-order chi connectivity index (χ1) is 11.8. The van der Waals surface area contributed by atoms with Crippen molar-refractivity contribution in [2.24, 2.45) is 0 Å². The molecule has 1 atom stereocenters. The van der Waals surface area contributed by atoms with Crippen molar-refractivity contribution in [3.63, 3.8) is 0 Å². The second-order valence-corrected chi connectivity index (χ2v) is 7.38. The number of imide groups is 1. The quantitative estimate of drug-likeness (QED) is 0.782. The van der Waals surface area contributed by atoms with Crippen LogP contribution in [0.5, 0.6) is 0 Å². The summed E-state index contributed by atoms with van der Waals surface area (Å²) in [6.07, 6.45) is 4.06. The fraction of sp³-hybridized carbons (Fsp3) is 0.471.